The second kappa shape index (κ2) is 3.97. The van der Waals surface area contributed by atoms with E-state index in [9.17, 15) is 4.79 Å². The van der Waals surface area contributed by atoms with Gasteiger partial charge >= 0.3 is 5.97 Å². The molecule has 1 heterocycles. The van der Waals surface area contributed by atoms with Crippen LogP contribution in [-0.2, 0) is 4.74 Å². The second-order valence-electron chi connectivity index (χ2n) is 2.96. The number of hydrogen-bond acceptors (Lipinski definition) is 3. The number of aromatic nitrogens is 1. The van der Waals surface area contributed by atoms with Gasteiger partial charge in [0.1, 0.15) is 11.8 Å². The first-order valence-electron chi connectivity index (χ1n) is 4.38. The average Bonchev–Trinajstić information content (AvgIpc) is 2.43. The lowest BCUT2D eigenvalue weighted by Crippen LogP contribution is -2.06. The third kappa shape index (κ3) is 1.62. The molecule has 0 aromatic carbocycles. The number of ether oxygens (including phenoxy) is 1. The smallest absolute Gasteiger partial charge is 0.341 e. The van der Waals surface area contributed by atoms with Crippen LogP contribution in [0.4, 0.5) is 0 Å². The second-order valence-corrected chi connectivity index (χ2v) is 2.96. The number of carbonyl (C=O) groups is 1. The summed E-state index contributed by atoms with van der Waals surface area (Å²) in [5.74, 6) is -0.439. The first-order chi connectivity index (χ1) is 6.61. The summed E-state index contributed by atoms with van der Waals surface area (Å²) in [6.45, 7) is 5.66. The van der Waals surface area contributed by atoms with E-state index in [1.165, 1.54) is 0 Å². The van der Waals surface area contributed by atoms with Crippen LogP contribution in [-0.4, -0.2) is 17.6 Å². The van der Waals surface area contributed by atoms with Gasteiger partial charge in [-0.1, -0.05) is 0 Å². The molecule has 0 aliphatic heterocycles. The molecule has 1 N–H and O–H groups in total. The maximum atomic E-state index is 11.5. The van der Waals surface area contributed by atoms with Gasteiger partial charge in [-0.15, -0.1) is 0 Å². The van der Waals surface area contributed by atoms with Crippen LogP contribution < -0.4 is 0 Å². The number of rotatable bonds is 2. The SMILES string of the molecule is CCOC(=O)c1c(C#N)[nH]c(C)c1C. The van der Waals surface area contributed by atoms with Crippen LogP contribution in [0.15, 0.2) is 0 Å². The fourth-order valence-electron chi connectivity index (χ4n) is 1.26. The molecule has 0 bridgehead atoms. The molecule has 74 valence electrons. The number of aryl methyl sites for hydroxylation is 1. The van der Waals surface area contributed by atoms with E-state index in [2.05, 4.69) is 4.98 Å². The summed E-state index contributed by atoms with van der Waals surface area (Å²) in [5, 5.41) is 8.78. The van der Waals surface area contributed by atoms with E-state index in [-0.39, 0.29) is 5.69 Å². The highest BCUT2D eigenvalue weighted by molar-refractivity contribution is 5.93. The van der Waals surface area contributed by atoms with Crippen LogP contribution in [0.5, 0.6) is 0 Å². The zero-order chi connectivity index (χ0) is 10.7. The Morgan fingerprint density at radius 3 is 2.71 bits per heavy atom. The number of nitrogens with zero attached hydrogens (tertiary/aromatic N) is 1. The molecule has 0 amide bonds. The zero-order valence-corrected chi connectivity index (χ0v) is 8.47. The summed E-state index contributed by atoms with van der Waals surface area (Å²) in [6.07, 6.45) is 0. The molecule has 0 unspecified atom stereocenters. The molecule has 0 fully saturated rings. The molecule has 0 saturated carbocycles. The topological polar surface area (TPSA) is 65.9 Å². The highest BCUT2D eigenvalue weighted by Crippen LogP contribution is 2.17. The predicted octanol–water partition coefficient (Wildman–Crippen LogP) is 1.68. The zero-order valence-electron chi connectivity index (χ0n) is 8.47. The van der Waals surface area contributed by atoms with Gasteiger partial charge in [0, 0.05) is 5.69 Å². The standard InChI is InChI=1S/C10H12N2O2/c1-4-14-10(13)9-6(2)7(3)12-8(9)5-11/h12H,4H2,1-3H3. The normalized spacial score (nSPS) is 9.57. The third-order valence-corrected chi connectivity index (χ3v) is 2.09. The predicted molar refractivity (Wildman–Crippen MR) is 50.9 cm³/mol. The molecular weight excluding hydrogens is 180 g/mol. The monoisotopic (exact) mass is 192 g/mol. The van der Waals surface area contributed by atoms with Crippen molar-refractivity contribution in [3.05, 3.63) is 22.5 Å². The van der Waals surface area contributed by atoms with Crippen LogP contribution in [0.1, 0.15) is 34.2 Å². The number of carbonyl (C=O) groups excluding carboxylic acids is 1. The fraction of sp³-hybridized carbons (Fsp3) is 0.400. The summed E-state index contributed by atoms with van der Waals surface area (Å²) in [7, 11) is 0. The summed E-state index contributed by atoms with van der Waals surface area (Å²) < 4.78 is 4.85. The highest BCUT2D eigenvalue weighted by atomic mass is 16.5. The van der Waals surface area contributed by atoms with Crippen molar-refractivity contribution in [1.82, 2.24) is 4.98 Å². The number of H-pyrrole nitrogens is 1. The van der Waals surface area contributed by atoms with Gasteiger partial charge in [-0.25, -0.2) is 4.79 Å². The Labute approximate surface area is 82.5 Å². The lowest BCUT2D eigenvalue weighted by atomic mass is 10.1. The van der Waals surface area contributed by atoms with Gasteiger partial charge < -0.3 is 9.72 Å². The molecule has 4 nitrogen and oxygen atoms in total. The third-order valence-electron chi connectivity index (χ3n) is 2.09. The van der Waals surface area contributed by atoms with Crippen molar-refractivity contribution in [2.24, 2.45) is 0 Å². The molecule has 0 atom stereocenters. The van der Waals surface area contributed by atoms with Gasteiger partial charge in [0.15, 0.2) is 0 Å². The number of nitriles is 1. The van der Waals surface area contributed by atoms with Crippen LogP contribution >= 0.6 is 0 Å². The highest BCUT2D eigenvalue weighted by Gasteiger charge is 2.19. The van der Waals surface area contributed by atoms with Crippen molar-refractivity contribution in [1.29, 1.82) is 5.26 Å². The Morgan fingerprint density at radius 1 is 1.57 bits per heavy atom. The maximum absolute atomic E-state index is 11.5. The minimum atomic E-state index is -0.439. The molecule has 1 aromatic heterocycles. The minimum Gasteiger partial charge on any atom is -0.462 e. The summed E-state index contributed by atoms with van der Waals surface area (Å²) in [5.41, 5.74) is 2.23. The Balaban J connectivity index is 3.19. The Hall–Kier alpha value is -1.76. The largest absolute Gasteiger partial charge is 0.462 e. The molecule has 0 radical (unpaired) electrons. The molecule has 4 heteroatoms. The van der Waals surface area contributed by atoms with Gasteiger partial charge in [0.25, 0.3) is 0 Å². The minimum absolute atomic E-state index is 0.276. The molecule has 14 heavy (non-hydrogen) atoms. The lowest BCUT2D eigenvalue weighted by Gasteiger charge is -2.00. The first kappa shape index (κ1) is 10.3. The van der Waals surface area contributed by atoms with Crippen LogP contribution in [0.2, 0.25) is 0 Å². The molecule has 0 aliphatic carbocycles. The molecule has 0 spiro atoms. The molecule has 1 rings (SSSR count). The lowest BCUT2D eigenvalue weighted by molar-refractivity contribution is 0.0525. The number of esters is 1. The maximum Gasteiger partial charge on any atom is 0.341 e. The van der Waals surface area contributed by atoms with E-state index in [1.807, 2.05) is 13.0 Å². The average molecular weight is 192 g/mol. The number of aromatic amines is 1. The van der Waals surface area contributed by atoms with Crippen molar-refractivity contribution in [3.63, 3.8) is 0 Å². The Bertz CT molecular complexity index is 399. The van der Waals surface area contributed by atoms with E-state index in [1.54, 1.807) is 13.8 Å². The van der Waals surface area contributed by atoms with Gasteiger partial charge in [-0.3, -0.25) is 0 Å². The van der Waals surface area contributed by atoms with Crippen LogP contribution in [0.3, 0.4) is 0 Å². The quantitative estimate of drug-likeness (QED) is 0.725. The van der Waals surface area contributed by atoms with Gasteiger partial charge in [-0.2, -0.15) is 5.26 Å². The number of hydrogen-bond donors (Lipinski definition) is 1. The first-order valence-corrected chi connectivity index (χ1v) is 4.38. The molecular formula is C10H12N2O2. The summed E-state index contributed by atoms with van der Waals surface area (Å²) in [6, 6.07) is 1.94. The van der Waals surface area contributed by atoms with Crippen molar-refractivity contribution in [2.75, 3.05) is 6.61 Å². The fourth-order valence-corrected chi connectivity index (χ4v) is 1.26. The van der Waals surface area contributed by atoms with Crippen molar-refractivity contribution < 1.29 is 9.53 Å². The van der Waals surface area contributed by atoms with Gasteiger partial charge in [0.05, 0.1) is 12.2 Å². The van der Waals surface area contributed by atoms with E-state index in [4.69, 9.17) is 10.00 Å². The molecule has 0 saturated heterocycles. The van der Waals surface area contributed by atoms with E-state index in [0.29, 0.717) is 12.2 Å². The van der Waals surface area contributed by atoms with Crippen molar-refractivity contribution in [2.45, 2.75) is 20.8 Å². The van der Waals surface area contributed by atoms with Crippen LogP contribution in [0.25, 0.3) is 0 Å². The Kier molecular flexibility index (Phi) is 2.92. The number of nitrogens with one attached hydrogen (secondary N) is 1. The molecule has 0 aliphatic rings. The van der Waals surface area contributed by atoms with Gasteiger partial charge in [-0.05, 0) is 26.3 Å². The summed E-state index contributed by atoms with van der Waals surface area (Å²) >= 11 is 0. The van der Waals surface area contributed by atoms with Crippen molar-refractivity contribution >= 4 is 5.97 Å². The van der Waals surface area contributed by atoms with E-state index >= 15 is 0 Å². The van der Waals surface area contributed by atoms with E-state index < -0.39 is 5.97 Å². The van der Waals surface area contributed by atoms with Crippen LogP contribution in [0, 0.1) is 25.2 Å². The Morgan fingerprint density at radius 2 is 2.21 bits per heavy atom. The molecule has 1 aromatic rings. The van der Waals surface area contributed by atoms with Gasteiger partial charge in [0.2, 0.25) is 0 Å². The summed E-state index contributed by atoms with van der Waals surface area (Å²) in [4.78, 5) is 14.3. The van der Waals surface area contributed by atoms with Crippen molar-refractivity contribution in [3.8, 4) is 6.07 Å². The van der Waals surface area contributed by atoms with E-state index in [0.717, 1.165) is 11.3 Å².